The molecule has 0 aromatic carbocycles. The quantitative estimate of drug-likeness (QED) is 0.639. The summed E-state index contributed by atoms with van der Waals surface area (Å²) in [5.41, 5.74) is 1.45. The molecule has 2 aromatic rings. The molecule has 5 heteroatoms. The zero-order chi connectivity index (χ0) is 15.8. The molecule has 0 atom stereocenters. The molecule has 0 amide bonds. The fourth-order valence-corrected chi connectivity index (χ4v) is 5.14. The molecule has 4 rings (SSSR count). The number of thiophene rings is 1. The first-order valence-electron chi connectivity index (χ1n) is 8.64. The van der Waals surface area contributed by atoms with Crippen molar-refractivity contribution >= 4 is 27.8 Å². The van der Waals surface area contributed by atoms with E-state index in [1.165, 1.54) is 41.5 Å². The molecule has 2 aliphatic rings. The first kappa shape index (κ1) is 15.1. The largest absolute Gasteiger partial charge is 0.474 e. The maximum absolute atomic E-state index is 6.33. The molecule has 0 N–H and O–H groups in total. The molecule has 0 radical (unpaired) electrons. The average molecular weight is 330 g/mol. The third-order valence-corrected chi connectivity index (χ3v) is 6.17. The Labute approximate surface area is 141 Å². The Hall–Kier alpha value is -1.49. The number of fused-ring (bicyclic) bond motifs is 3. The maximum Gasteiger partial charge on any atom is 0.225 e. The van der Waals surface area contributed by atoms with E-state index < -0.39 is 0 Å². The van der Waals surface area contributed by atoms with E-state index in [2.05, 4.69) is 34.9 Å². The topological polar surface area (TPSA) is 38.0 Å². The molecule has 0 saturated heterocycles. The minimum Gasteiger partial charge on any atom is -0.474 e. The summed E-state index contributed by atoms with van der Waals surface area (Å²) in [6.45, 7) is 0. The first-order chi connectivity index (χ1) is 11.2. The van der Waals surface area contributed by atoms with E-state index in [1.807, 2.05) is 11.3 Å². The van der Waals surface area contributed by atoms with Crippen molar-refractivity contribution in [2.45, 2.75) is 51.0 Å². The smallest absolute Gasteiger partial charge is 0.225 e. The number of aryl methyl sites for hydroxylation is 2. The Kier molecular flexibility index (Phi) is 4.05. The van der Waals surface area contributed by atoms with Gasteiger partial charge in [0.2, 0.25) is 5.88 Å². The molecule has 0 aliphatic heterocycles. The number of nitrogens with zero attached hydrogens (tertiary/aromatic N) is 3. The lowest BCUT2D eigenvalue weighted by Crippen LogP contribution is -2.26. The summed E-state index contributed by atoms with van der Waals surface area (Å²) in [7, 11) is 4.22. The van der Waals surface area contributed by atoms with Crippen LogP contribution in [0.1, 0.15) is 42.5 Å². The summed E-state index contributed by atoms with van der Waals surface area (Å²) >= 11 is 1.83. The van der Waals surface area contributed by atoms with E-state index in [-0.39, 0.29) is 0 Å². The molecule has 0 spiro atoms. The fourth-order valence-electron chi connectivity index (χ4n) is 3.92. The number of aromatic nitrogens is 2. The zero-order valence-corrected chi connectivity index (χ0v) is 14.7. The second-order valence-corrected chi connectivity index (χ2v) is 8.07. The van der Waals surface area contributed by atoms with Gasteiger partial charge in [-0.3, -0.25) is 0 Å². The zero-order valence-electron chi connectivity index (χ0n) is 13.9. The van der Waals surface area contributed by atoms with Crippen LogP contribution in [-0.2, 0) is 12.8 Å². The lowest BCUT2D eigenvalue weighted by atomic mass is 9.88. The minimum atomic E-state index is 0.303. The van der Waals surface area contributed by atoms with Gasteiger partial charge in [0, 0.05) is 10.8 Å². The van der Waals surface area contributed by atoms with Crippen LogP contribution in [0.3, 0.4) is 0 Å². The molecule has 122 valence electrons. The van der Waals surface area contributed by atoms with Crippen molar-refractivity contribution in [1.82, 2.24) is 9.97 Å². The molecule has 1 saturated carbocycles. The Balaban J connectivity index is 1.52. The predicted octanol–water partition coefficient (Wildman–Crippen LogP) is 3.46. The van der Waals surface area contributed by atoms with Crippen molar-refractivity contribution in [2.24, 2.45) is 5.92 Å². The Morgan fingerprint density at radius 1 is 1.17 bits per heavy atom. The van der Waals surface area contributed by atoms with Crippen LogP contribution in [0, 0.1) is 5.92 Å². The first-order valence-corrected chi connectivity index (χ1v) is 9.45. The molecular weight excluding hydrogens is 306 g/mol. The van der Waals surface area contributed by atoms with Crippen molar-refractivity contribution < 1.29 is 9.31 Å². The highest BCUT2D eigenvalue weighted by Crippen LogP contribution is 2.40. The van der Waals surface area contributed by atoms with Gasteiger partial charge < -0.3 is 4.74 Å². The molecule has 0 bridgehead atoms. The number of rotatable bonds is 3. The number of hydrogen-bond donors (Lipinski definition) is 0. The van der Waals surface area contributed by atoms with Gasteiger partial charge in [-0.1, -0.05) is 0 Å². The number of ether oxygens (including phenoxy) is 1. The fraction of sp³-hybridized carbons (Fsp3) is 0.611. The SMILES string of the molecule is C[N+](C)=CC1CCC(Oc2ncnc3sc4c(c23)CCC4)CC1. The van der Waals surface area contributed by atoms with Crippen LogP contribution in [0.2, 0.25) is 0 Å². The third-order valence-electron chi connectivity index (χ3n) is 4.97. The summed E-state index contributed by atoms with van der Waals surface area (Å²) in [6, 6.07) is 0. The molecule has 2 aromatic heterocycles. The summed E-state index contributed by atoms with van der Waals surface area (Å²) in [6.07, 6.45) is 12.6. The Morgan fingerprint density at radius 2 is 2.00 bits per heavy atom. The van der Waals surface area contributed by atoms with Crippen LogP contribution >= 0.6 is 11.3 Å². The van der Waals surface area contributed by atoms with E-state index in [4.69, 9.17) is 4.74 Å². The Morgan fingerprint density at radius 3 is 2.78 bits per heavy atom. The number of hydrogen-bond acceptors (Lipinski definition) is 4. The normalized spacial score (nSPS) is 23.7. The van der Waals surface area contributed by atoms with E-state index in [1.54, 1.807) is 6.33 Å². The van der Waals surface area contributed by atoms with Crippen LogP contribution < -0.4 is 4.74 Å². The van der Waals surface area contributed by atoms with E-state index >= 15 is 0 Å². The van der Waals surface area contributed by atoms with Crippen LogP contribution in [-0.4, -0.2) is 41.0 Å². The monoisotopic (exact) mass is 330 g/mol. The van der Waals surface area contributed by atoms with Gasteiger partial charge in [-0.25, -0.2) is 14.5 Å². The molecule has 1 fully saturated rings. The van der Waals surface area contributed by atoms with E-state index in [9.17, 15) is 0 Å². The highest BCUT2D eigenvalue weighted by molar-refractivity contribution is 7.18. The summed E-state index contributed by atoms with van der Waals surface area (Å²) < 4.78 is 8.51. The standard InChI is InChI=1S/C18H24N3OS/c1-21(2)10-12-6-8-13(9-7-12)22-17-16-14-4-3-5-15(14)23-18(16)20-11-19-17/h10-13H,3-9H2,1-2H3/q+1. The van der Waals surface area contributed by atoms with Crippen LogP contribution in [0.15, 0.2) is 6.33 Å². The lowest BCUT2D eigenvalue weighted by molar-refractivity contribution is -0.462. The average Bonchev–Trinajstić information content (AvgIpc) is 3.09. The summed E-state index contributed by atoms with van der Waals surface area (Å²) in [4.78, 5) is 11.5. The van der Waals surface area contributed by atoms with Crippen LogP contribution in [0.4, 0.5) is 0 Å². The van der Waals surface area contributed by atoms with Crippen molar-refractivity contribution in [2.75, 3.05) is 14.1 Å². The van der Waals surface area contributed by atoms with Gasteiger partial charge in [0.25, 0.3) is 0 Å². The molecule has 2 aliphatic carbocycles. The van der Waals surface area contributed by atoms with Crippen LogP contribution in [0.25, 0.3) is 10.2 Å². The second-order valence-electron chi connectivity index (χ2n) is 6.98. The van der Waals surface area contributed by atoms with Crippen LogP contribution in [0.5, 0.6) is 5.88 Å². The van der Waals surface area contributed by atoms with Gasteiger partial charge in [0.05, 0.1) is 5.39 Å². The van der Waals surface area contributed by atoms with Crippen molar-refractivity contribution in [3.8, 4) is 5.88 Å². The molecule has 4 nitrogen and oxygen atoms in total. The molecule has 2 heterocycles. The lowest BCUT2D eigenvalue weighted by Gasteiger charge is -2.26. The highest BCUT2D eigenvalue weighted by atomic mass is 32.1. The van der Waals surface area contributed by atoms with Gasteiger partial charge in [0.1, 0.15) is 37.6 Å². The van der Waals surface area contributed by atoms with E-state index in [0.29, 0.717) is 12.0 Å². The van der Waals surface area contributed by atoms with Gasteiger partial charge in [0.15, 0.2) is 0 Å². The second kappa shape index (κ2) is 6.19. The van der Waals surface area contributed by atoms with Gasteiger partial charge in [-0.15, -0.1) is 11.3 Å². The van der Waals surface area contributed by atoms with Crippen molar-refractivity contribution in [3.05, 3.63) is 16.8 Å². The summed E-state index contributed by atoms with van der Waals surface area (Å²) in [5.74, 6) is 1.52. The minimum absolute atomic E-state index is 0.303. The molecule has 23 heavy (non-hydrogen) atoms. The highest BCUT2D eigenvalue weighted by Gasteiger charge is 2.26. The van der Waals surface area contributed by atoms with Crippen molar-refractivity contribution in [3.63, 3.8) is 0 Å². The maximum atomic E-state index is 6.33. The van der Waals surface area contributed by atoms with Gasteiger partial charge in [-0.05, 0) is 50.5 Å². The van der Waals surface area contributed by atoms with E-state index in [0.717, 1.165) is 30.0 Å². The third kappa shape index (κ3) is 2.99. The molecule has 0 unspecified atom stereocenters. The van der Waals surface area contributed by atoms with Crippen molar-refractivity contribution in [1.29, 1.82) is 0 Å². The Bertz CT molecular complexity index is 740. The molecular formula is C18H24N3OS+. The van der Waals surface area contributed by atoms with Gasteiger partial charge >= 0.3 is 0 Å². The predicted molar refractivity (Wildman–Crippen MR) is 94.0 cm³/mol. The summed E-state index contributed by atoms with van der Waals surface area (Å²) in [5, 5.41) is 1.20. The van der Waals surface area contributed by atoms with Gasteiger partial charge in [-0.2, -0.15) is 0 Å².